The van der Waals surface area contributed by atoms with Gasteiger partial charge in [0.05, 0.1) is 31.8 Å². The molecule has 8 heteroatoms. The van der Waals surface area contributed by atoms with Gasteiger partial charge in [-0.3, -0.25) is 9.59 Å². The second kappa shape index (κ2) is 7.43. The molecule has 1 amide bonds. The summed E-state index contributed by atoms with van der Waals surface area (Å²) in [5.41, 5.74) is 0.244. The summed E-state index contributed by atoms with van der Waals surface area (Å²) in [6.45, 7) is 3.23. The number of carbonyl (C=O) groups is 1. The van der Waals surface area contributed by atoms with Gasteiger partial charge in [0, 0.05) is 11.4 Å². The van der Waals surface area contributed by atoms with Crippen LogP contribution in [0.2, 0.25) is 0 Å². The Labute approximate surface area is 149 Å². The fourth-order valence-corrected chi connectivity index (χ4v) is 3.50. The lowest BCUT2D eigenvalue weighted by molar-refractivity contribution is -0.654. The zero-order valence-corrected chi connectivity index (χ0v) is 14.6. The Balaban J connectivity index is 2.04. The van der Waals surface area contributed by atoms with Crippen molar-refractivity contribution in [2.24, 2.45) is 0 Å². The van der Waals surface area contributed by atoms with E-state index >= 15 is 0 Å². The summed E-state index contributed by atoms with van der Waals surface area (Å²) < 4.78 is 15.4. The van der Waals surface area contributed by atoms with Gasteiger partial charge in [-0.05, 0) is 37.5 Å². The molecular weight excluding hydrogens is 341 g/mol. The first-order valence-corrected chi connectivity index (χ1v) is 8.76. The molecule has 2 aromatic rings. The van der Waals surface area contributed by atoms with Crippen molar-refractivity contribution in [3.8, 4) is 5.75 Å². The van der Waals surface area contributed by atoms with E-state index in [0.717, 1.165) is 6.07 Å². The molecule has 0 bridgehead atoms. The van der Waals surface area contributed by atoms with Crippen LogP contribution in [0.3, 0.4) is 0 Å². The van der Waals surface area contributed by atoms with E-state index in [2.05, 4.69) is 5.32 Å². The van der Waals surface area contributed by atoms with Gasteiger partial charge in [-0.25, -0.2) is 4.39 Å². The van der Waals surface area contributed by atoms with E-state index in [9.17, 15) is 19.1 Å². The average molecular weight is 364 g/mol. The fraction of sp³-hybridized carbons (Fsp3) is 0.444. The van der Waals surface area contributed by atoms with Crippen LogP contribution in [0.5, 0.6) is 5.75 Å². The van der Waals surface area contributed by atoms with E-state index < -0.39 is 23.0 Å². The monoisotopic (exact) mass is 364 g/mol. The highest BCUT2D eigenvalue weighted by molar-refractivity contribution is 6.03. The molecule has 140 valence electrons. The summed E-state index contributed by atoms with van der Waals surface area (Å²) in [5, 5.41) is 23.9. The number of aromatic nitrogens is 1. The number of benzene rings is 1. The number of nitrogens with two attached hydrogens (primary N) is 1. The van der Waals surface area contributed by atoms with Crippen molar-refractivity contribution >= 4 is 16.8 Å². The van der Waals surface area contributed by atoms with E-state index in [4.69, 9.17) is 5.11 Å². The SMILES string of the molecule is C[C@H]1CCc2cc(F)cc3c(O)c(C(=O)NCC[NH2+]CCO)c(=O)n1c23. The minimum atomic E-state index is -0.681. The van der Waals surface area contributed by atoms with Crippen LogP contribution < -0.4 is 16.2 Å². The number of nitrogens with one attached hydrogen (secondary N) is 1. The first kappa shape index (κ1) is 18.3. The van der Waals surface area contributed by atoms with Crippen LogP contribution in [0.15, 0.2) is 16.9 Å². The van der Waals surface area contributed by atoms with Gasteiger partial charge in [-0.1, -0.05) is 0 Å². The molecule has 0 saturated carbocycles. The van der Waals surface area contributed by atoms with E-state index in [0.29, 0.717) is 37.0 Å². The number of aliphatic hydroxyl groups is 1. The van der Waals surface area contributed by atoms with E-state index in [-0.39, 0.29) is 30.1 Å². The predicted octanol–water partition coefficient (Wildman–Crippen LogP) is -0.361. The van der Waals surface area contributed by atoms with Gasteiger partial charge >= 0.3 is 0 Å². The molecule has 0 fully saturated rings. The molecule has 0 saturated heterocycles. The van der Waals surface area contributed by atoms with Gasteiger partial charge in [0.25, 0.3) is 11.5 Å². The Morgan fingerprint density at radius 3 is 2.92 bits per heavy atom. The highest BCUT2D eigenvalue weighted by Gasteiger charge is 2.28. The lowest BCUT2D eigenvalue weighted by atomic mass is 9.95. The van der Waals surface area contributed by atoms with E-state index in [1.54, 1.807) is 0 Å². The number of quaternary nitrogens is 1. The van der Waals surface area contributed by atoms with Crippen molar-refractivity contribution in [1.29, 1.82) is 0 Å². The van der Waals surface area contributed by atoms with E-state index in [1.165, 1.54) is 10.6 Å². The molecule has 1 atom stereocenters. The van der Waals surface area contributed by atoms with Crippen LogP contribution in [0.25, 0.3) is 10.9 Å². The maximum Gasteiger partial charge on any atom is 0.267 e. The maximum atomic E-state index is 13.9. The van der Waals surface area contributed by atoms with Crippen LogP contribution in [0.4, 0.5) is 4.39 Å². The molecule has 0 unspecified atom stereocenters. The summed E-state index contributed by atoms with van der Waals surface area (Å²) in [7, 11) is 0. The molecule has 1 aromatic heterocycles. The van der Waals surface area contributed by atoms with E-state index in [1.807, 2.05) is 12.2 Å². The smallest absolute Gasteiger partial charge is 0.267 e. The molecule has 0 aliphatic carbocycles. The van der Waals surface area contributed by atoms with Crippen molar-refractivity contribution in [2.45, 2.75) is 25.8 Å². The van der Waals surface area contributed by atoms with Crippen molar-refractivity contribution in [3.05, 3.63) is 39.4 Å². The minimum absolute atomic E-state index is 0.0376. The first-order chi connectivity index (χ1) is 12.5. The molecule has 5 N–H and O–H groups in total. The van der Waals surface area contributed by atoms with Gasteiger partial charge in [0.15, 0.2) is 0 Å². The second-order valence-electron chi connectivity index (χ2n) is 6.59. The highest BCUT2D eigenvalue weighted by Crippen LogP contribution is 2.35. The van der Waals surface area contributed by atoms with Gasteiger partial charge in [0.1, 0.15) is 17.1 Å². The quantitative estimate of drug-likeness (QED) is 0.525. The Kier molecular flexibility index (Phi) is 5.24. The Hall–Kier alpha value is -2.45. The highest BCUT2D eigenvalue weighted by atomic mass is 19.1. The number of amides is 1. The van der Waals surface area contributed by atoms with Crippen LogP contribution >= 0.6 is 0 Å². The molecular formula is C18H23FN3O4+. The molecule has 0 spiro atoms. The predicted molar refractivity (Wildman–Crippen MR) is 93.9 cm³/mol. The standard InChI is InChI=1S/C18H22FN3O4/c1-10-2-3-11-8-12(19)9-13-15(11)22(10)18(26)14(16(13)24)17(25)21-5-4-20-6-7-23/h8-10,20,23-24H,2-7H2,1H3,(H,21,25)/p+1/t10-/m0/s1. The van der Waals surface area contributed by atoms with Crippen molar-refractivity contribution in [2.75, 3.05) is 26.2 Å². The number of aromatic hydroxyl groups is 1. The zero-order chi connectivity index (χ0) is 18.8. The average Bonchev–Trinajstić information content (AvgIpc) is 2.60. The summed E-state index contributed by atoms with van der Waals surface area (Å²) in [5.74, 6) is -1.67. The Bertz CT molecular complexity index is 910. The Morgan fingerprint density at radius 2 is 2.19 bits per heavy atom. The Morgan fingerprint density at radius 1 is 1.42 bits per heavy atom. The third-order valence-electron chi connectivity index (χ3n) is 4.79. The topological polar surface area (TPSA) is 108 Å². The number of halogens is 1. The number of rotatable bonds is 6. The van der Waals surface area contributed by atoms with Crippen LogP contribution in [0, 0.1) is 5.82 Å². The summed E-state index contributed by atoms with van der Waals surface area (Å²) >= 11 is 0. The lowest BCUT2D eigenvalue weighted by Gasteiger charge is -2.26. The van der Waals surface area contributed by atoms with Gasteiger partial charge in [0.2, 0.25) is 0 Å². The molecule has 1 aromatic carbocycles. The van der Waals surface area contributed by atoms with Gasteiger partial charge < -0.3 is 25.4 Å². The van der Waals surface area contributed by atoms with Crippen molar-refractivity contribution < 1.29 is 24.7 Å². The minimum Gasteiger partial charge on any atom is -0.506 e. The molecule has 7 nitrogen and oxygen atoms in total. The third kappa shape index (κ3) is 3.17. The molecule has 3 rings (SSSR count). The number of carbonyl (C=O) groups excluding carboxylic acids is 1. The number of aliphatic hydroxyl groups excluding tert-OH is 1. The molecule has 26 heavy (non-hydrogen) atoms. The number of hydrogen-bond donors (Lipinski definition) is 4. The summed E-state index contributed by atoms with van der Waals surface area (Å²) in [4.78, 5) is 25.4. The lowest BCUT2D eigenvalue weighted by Crippen LogP contribution is -2.86. The largest absolute Gasteiger partial charge is 0.506 e. The van der Waals surface area contributed by atoms with Gasteiger partial charge in [-0.15, -0.1) is 0 Å². The zero-order valence-electron chi connectivity index (χ0n) is 14.6. The van der Waals surface area contributed by atoms with Crippen LogP contribution in [-0.2, 0) is 6.42 Å². The second-order valence-corrected chi connectivity index (χ2v) is 6.59. The number of hydrogen-bond acceptors (Lipinski definition) is 4. The van der Waals surface area contributed by atoms with Crippen molar-refractivity contribution in [1.82, 2.24) is 9.88 Å². The number of aryl methyl sites for hydroxylation is 1. The normalized spacial score (nSPS) is 16.0. The number of nitrogens with zero attached hydrogens (tertiary/aromatic N) is 1. The van der Waals surface area contributed by atoms with Crippen LogP contribution in [-0.4, -0.2) is 46.9 Å². The summed E-state index contributed by atoms with van der Waals surface area (Å²) in [6, 6.07) is 2.39. The molecule has 2 heterocycles. The molecule has 0 radical (unpaired) electrons. The molecule has 1 aliphatic heterocycles. The van der Waals surface area contributed by atoms with Crippen molar-refractivity contribution in [3.63, 3.8) is 0 Å². The maximum absolute atomic E-state index is 13.9. The van der Waals surface area contributed by atoms with Crippen LogP contribution in [0.1, 0.15) is 35.3 Å². The summed E-state index contributed by atoms with van der Waals surface area (Å²) in [6.07, 6.45) is 1.27. The molecule has 1 aliphatic rings. The number of pyridine rings is 1. The van der Waals surface area contributed by atoms with Gasteiger partial charge in [-0.2, -0.15) is 0 Å². The third-order valence-corrected chi connectivity index (χ3v) is 4.79. The first-order valence-electron chi connectivity index (χ1n) is 8.76. The fourth-order valence-electron chi connectivity index (χ4n) is 3.50.